The Bertz CT molecular complexity index is 418. The highest BCUT2D eigenvalue weighted by molar-refractivity contribution is 6.70. The van der Waals surface area contributed by atoms with E-state index in [1.165, 1.54) is 0 Å². The van der Waals surface area contributed by atoms with Crippen LogP contribution < -0.4 is 0 Å². The van der Waals surface area contributed by atoms with Crippen LogP contribution in [-0.4, -0.2) is 13.9 Å². The number of hydrogen-bond donors (Lipinski definition) is 1. The molecule has 18 heavy (non-hydrogen) atoms. The molecule has 97 valence electrons. The van der Waals surface area contributed by atoms with E-state index in [2.05, 4.69) is 45.2 Å². The number of rotatable bonds is 4. The molecule has 2 heteroatoms. The van der Waals surface area contributed by atoms with Gasteiger partial charge in [0.25, 0.3) is 0 Å². The molecule has 0 heterocycles. The summed E-state index contributed by atoms with van der Waals surface area (Å²) >= 11 is 0. The highest BCUT2D eigenvalue weighted by Gasteiger charge is 2.17. The molecule has 1 aromatic carbocycles. The Labute approximate surface area is 113 Å². The van der Waals surface area contributed by atoms with Crippen molar-refractivity contribution in [3.8, 4) is 11.5 Å². The Morgan fingerprint density at radius 2 is 1.61 bits per heavy atom. The molecule has 0 bridgehead atoms. The Hall–Kier alpha value is -1.04. The molecular weight excluding hydrogens is 236 g/mol. The summed E-state index contributed by atoms with van der Waals surface area (Å²) in [7, 11) is -0.591. The summed E-state index contributed by atoms with van der Waals surface area (Å²) in [6.45, 7) is 9.18. The van der Waals surface area contributed by atoms with Crippen LogP contribution in [0.3, 0.4) is 0 Å². The maximum absolute atomic E-state index is 9.26. The maximum atomic E-state index is 9.26. The molecule has 0 aliphatic rings. The number of hydrogen-bond acceptors (Lipinski definition) is 1. The molecule has 1 nitrogen and oxygen atoms in total. The normalized spacial score (nSPS) is 10.9. The van der Waals surface area contributed by atoms with Crippen LogP contribution in [0.1, 0.15) is 38.8 Å². The van der Waals surface area contributed by atoms with Crippen LogP contribution in [0.5, 0.6) is 0 Å². The molecule has 1 rings (SSSR count). The van der Waals surface area contributed by atoms with Gasteiger partial charge < -0.3 is 5.11 Å². The van der Waals surface area contributed by atoms with E-state index < -0.39 is 8.80 Å². The first kappa shape index (κ1) is 15.0. The van der Waals surface area contributed by atoms with E-state index in [9.17, 15) is 5.11 Å². The van der Waals surface area contributed by atoms with Gasteiger partial charge in [0.1, 0.15) is 8.80 Å². The van der Waals surface area contributed by atoms with Gasteiger partial charge in [-0.05, 0) is 22.2 Å². The highest BCUT2D eigenvalue weighted by Crippen LogP contribution is 2.19. The molecule has 1 N–H and O–H groups in total. The van der Waals surface area contributed by atoms with Crippen LogP contribution in [0.4, 0.5) is 0 Å². The minimum absolute atomic E-state index is 0.101. The van der Waals surface area contributed by atoms with Crippen LogP contribution in [-0.2, 0) is 13.0 Å². The fraction of sp³-hybridized carbons (Fsp3) is 0.500. The summed E-state index contributed by atoms with van der Waals surface area (Å²) < 4.78 is 0. The topological polar surface area (TPSA) is 20.2 Å². The minimum atomic E-state index is -0.591. The van der Waals surface area contributed by atoms with Crippen LogP contribution >= 0.6 is 0 Å². The summed E-state index contributed by atoms with van der Waals surface area (Å²) in [5, 5.41) is 9.26. The van der Waals surface area contributed by atoms with Crippen LogP contribution in [0.2, 0.25) is 11.1 Å². The molecule has 0 amide bonds. The molecule has 0 aliphatic heterocycles. The second-order valence-electron chi connectivity index (χ2n) is 5.17. The fourth-order valence-electron chi connectivity index (χ4n) is 2.08. The fourth-order valence-corrected chi connectivity index (χ4v) is 4.28. The molecule has 0 atom stereocenters. The molecule has 1 aromatic rings. The highest BCUT2D eigenvalue weighted by atomic mass is 28.3. The van der Waals surface area contributed by atoms with Crippen LogP contribution in [0.25, 0.3) is 0 Å². The van der Waals surface area contributed by atoms with Crippen LogP contribution in [0.15, 0.2) is 24.3 Å². The van der Waals surface area contributed by atoms with Gasteiger partial charge in [0.2, 0.25) is 0 Å². The number of aliphatic hydroxyl groups excluding tert-OH is 1. The van der Waals surface area contributed by atoms with Gasteiger partial charge >= 0.3 is 0 Å². The first-order valence-corrected chi connectivity index (χ1v) is 8.25. The Kier molecular flexibility index (Phi) is 6.18. The molecule has 0 saturated carbocycles. The lowest BCUT2D eigenvalue weighted by molar-refractivity contribution is 0.281. The first-order valence-electron chi connectivity index (χ1n) is 6.59. The lowest BCUT2D eigenvalue weighted by Crippen LogP contribution is -2.18. The predicted molar refractivity (Wildman–Crippen MR) is 79.8 cm³/mol. The van der Waals surface area contributed by atoms with Crippen molar-refractivity contribution in [1.29, 1.82) is 0 Å². The Balaban J connectivity index is 2.75. The van der Waals surface area contributed by atoms with Crippen molar-refractivity contribution in [1.82, 2.24) is 0 Å². The van der Waals surface area contributed by atoms with Gasteiger partial charge in [-0.25, -0.2) is 0 Å². The molecule has 0 unspecified atom stereocenters. The van der Waals surface area contributed by atoms with Crippen molar-refractivity contribution in [2.75, 3.05) is 0 Å². The van der Waals surface area contributed by atoms with Crippen molar-refractivity contribution >= 4 is 8.80 Å². The zero-order valence-electron chi connectivity index (χ0n) is 11.8. The van der Waals surface area contributed by atoms with E-state index in [1.807, 2.05) is 18.2 Å². The van der Waals surface area contributed by atoms with Crippen molar-refractivity contribution < 1.29 is 5.11 Å². The van der Waals surface area contributed by atoms with Crippen molar-refractivity contribution in [3.05, 3.63) is 35.4 Å². The van der Waals surface area contributed by atoms with E-state index in [-0.39, 0.29) is 6.61 Å². The minimum Gasteiger partial charge on any atom is -0.392 e. The third-order valence-electron chi connectivity index (χ3n) is 3.04. The Morgan fingerprint density at radius 3 is 2.11 bits per heavy atom. The Morgan fingerprint density at radius 1 is 1.06 bits per heavy atom. The largest absolute Gasteiger partial charge is 0.392 e. The summed E-state index contributed by atoms with van der Waals surface area (Å²) in [5.74, 6) is 3.32. The summed E-state index contributed by atoms with van der Waals surface area (Å²) in [5.41, 5.74) is 7.02. The zero-order chi connectivity index (χ0) is 13.5. The lowest BCUT2D eigenvalue weighted by atomic mass is 10.1. The van der Waals surface area contributed by atoms with Crippen molar-refractivity contribution in [3.63, 3.8) is 0 Å². The second kappa shape index (κ2) is 7.40. The second-order valence-corrected chi connectivity index (χ2v) is 8.64. The van der Waals surface area contributed by atoms with Gasteiger partial charge in [-0.2, -0.15) is 0 Å². The van der Waals surface area contributed by atoms with E-state index in [0.29, 0.717) is 11.1 Å². The summed E-state index contributed by atoms with van der Waals surface area (Å²) in [6, 6.07) is 7.98. The third-order valence-corrected chi connectivity index (χ3v) is 6.00. The number of aliphatic hydroxyl groups is 1. The number of benzene rings is 1. The molecule has 0 aliphatic carbocycles. The molecule has 0 saturated heterocycles. The van der Waals surface area contributed by atoms with Gasteiger partial charge in [-0.1, -0.05) is 52.0 Å². The lowest BCUT2D eigenvalue weighted by Gasteiger charge is -2.15. The monoisotopic (exact) mass is 259 g/mol. The maximum Gasteiger partial charge on any atom is 0.150 e. The van der Waals surface area contributed by atoms with Gasteiger partial charge in [0, 0.05) is 6.42 Å². The summed E-state index contributed by atoms with van der Waals surface area (Å²) in [4.78, 5) is 0. The van der Waals surface area contributed by atoms with E-state index in [1.54, 1.807) is 0 Å². The van der Waals surface area contributed by atoms with E-state index in [0.717, 1.165) is 17.5 Å². The molecule has 0 fully saturated rings. The van der Waals surface area contributed by atoms with Crippen molar-refractivity contribution in [2.24, 2.45) is 0 Å². The van der Waals surface area contributed by atoms with Gasteiger partial charge in [0.15, 0.2) is 0 Å². The zero-order valence-corrected chi connectivity index (χ0v) is 12.8. The smallest absolute Gasteiger partial charge is 0.150 e. The van der Waals surface area contributed by atoms with E-state index in [4.69, 9.17) is 0 Å². The average molecular weight is 259 g/mol. The van der Waals surface area contributed by atoms with Crippen molar-refractivity contribution in [2.45, 2.75) is 51.8 Å². The molecule has 0 spiro atoms. The SMILES string of the molecule is CC(C)[Si](C#CCc1ccccc1CO)C(C)C. The third kappa shape index (κ3) is 4.32. The van der Waals surface area contributed by atoms with Crippen LogP contribution in [0, 0.1) is 11.5 Å². The molecule has 0 aromatic heterocycles. The van der Waals surface area contributed by atoms with E-state index >= 15 is 0 Å². The first-order chi connectivity index (χ1) is 8.56. The average Bonchev–Trinajstić information content (AvgIpc) is 2.34. The molecule has 1 radical (unpaired) electrons. The quantitative estimate of drug-likeness (QED) is 0.647. The van der Waals surface area contributed by atoms with Gasteiger partial charge in [0.05, 0.1) is 6.61 Å². The standard InChI is InChI=1S/C16H23OSi/c1-13(2)18(14(3)4)11-7-10-15-8-5-6-9-16(15)12-17/h5-6,8-9,13-14,17H,10,12H2,1-4H3. The predicted octanol–water partition coefficient (Wildman–Crippen LogP) is 3.58. The molecular formula is C16H23OSi. The van der Waals surface area contributed by atoms with Gasteiger partial charge in [-0.15, -0.1) is 11.5 Å². The summed E-state index contributed by atoms with van der Waals surface area (Å²) in [6.07, 6.45) is 0.754. The van der Waals surface area contributed by atoms with Gasteiger partial charge in [-0.3, -0.25) is 0 Å².